The van der Waals surface area contributed by atoms with E-state index in [-0.39, 0.29) is 17.7 Å². The van der Waals surface area contributed by atoms with Gasteiger partial charge in [0.2, 0.25) is 5.91 Å². The van der Waals surface area contributed by atoms with Crippen LogP contribution in [0.3, 0.4) is 0 Å². The predicted octanol–water partition coefficient (Wildman–Crippen LogP) is 1.09. The van der Waals surface area contributed by atoms with Crippen LogP contribution in [0.15, 0.2) is 36.9 Å². The second-order valence-electron chi connectivity index (χ2n) is 5.22. The van der Waals surface area contributed by atoms with Crippen molar-refractivity contribution in [1.82, 2.24) is 10.3 Å². The van der Waals surface area contributed by atoms with E-state index in [1.165, 1.54) is 0 Å². The van der Waals surface area contributed by atoms with Crippen LogP contribution >= 0.6 is 0 Å². The van der Waals surface area contributed by atoms with Gasteiger partial charge in [0.15, 0.2) is 0 Å². The van der Waals surface area contributed by atoms with Crippen LogP contribution in [0.2, 0.25) is 0 Å². The first-order valence-electron chi connectivity index (χ1n) is 7.29. The molecular weight excluding hydrogens is 282 g/mol. The summed E-state index contributed by atoms with van der Waals surface area (Å²) in [6, 6.07) is 6.97. The maximum atomic E-state index is 12.5. The Bertz CT molecular complexity index is 542. The molecule has 2 rings (SSSR count). The Morgan fingerprint density at radius 3 is 2.77 bits per heavy atom. The van der Waals surface area contributed by atoms with Gasteiger partial charge >= 0.3 is 0 Å². The summed E-state index contributed by atoms with van der Waals surface area (Å²) in [5.74, 6) is 5.32. The molecule has 1 aromatic rings. The van der Waals surface area contributed by atoms with Crippen LogP contribution in [-0.4, -0.2) is 36.4 Å². The van der Waals surface area contributed by atoms with Gasteiger partial charge in [0, 0.05) is 18.7 Å². The fourth-order valence-corrected chi connectivity index (χ4v) is 2.52. The highest BCUT2D eigenvalue weighted by Gasteiger charge is 2.28. The predicted molar refractivity (Wildman–Crippen MR) is 83.1 cm³/mol. The third-order valence-electron chi connectivity index (χ3n) is 3.69. The molecule has 0 bridgehead atoms. The lowest BCUT2D eigenvalue weighted by molar-refractivity contribution is -0.126. The van der Waals surface area contributed by atoms with Crippen molar-refractivity contribution in [2.45, 2.75) is 12.8 Å². The second-order valence-corrected chi connectivity index (χ2v) is 5.22. The molecule has 1 atom stereocenters. The third kappa shape index (κ3) is 3.85. The zero-order valence-corrected chi connectivity index (χ0v) is 12.5. The number of carbonyl (C=O) groups excluding carboxylic acids is 2. The fraction of sp³-hybridized carbons (Fsp3) is 0.375. The number of piperidine rings is 1. The molecule has 6 heteroatoms. The smallest absolute Gasteiger partial charge is 0.253 e. The molecule has 0 aliphatic carbocycles. The number of hydrogen-bond acceptors (Lipinski definition) is 4. The molecule has 1 aromatic carbocycles. The summed E-state index contributed by atoms with van der Waals surface area (Å²) in [5.41, 5.74) is 2.74. The minimum absolute atomic E-state index is 0.0789. The molecule has 1 aliphatic heterocycles. The Balaban J connectivity index is 2.01. The Kier molecular flexibility index (Phi) is 5.55. The minimum atomic E-state index is -0.238. The molecule has 118 valence electrons. The van der Waals surface area contributed by atoms with Crippen LogP contribution in [0.25, 0.3) is 0 Å². The van der Waals surface area contributed by atoms with Crippen LogP contribution < -0.4 is 16.0 Å². The zero-order valence-electron chi connectivity index (χ0n) is 12.5. The van der Waals surface area contributed by atoms with Gasteiger partial charge in [-0.1, -0.05) is 12.7 Å². The van der Waals surface area contributed by atoms with E-state index >= 15 is 0 Å². The van der Waals surface area contributed by atoms with E-state index in [0.29, 0.717) is 31.0 Å². The number of rotatable bonds is 5. The Morgan fingerprint density at radius 1 is 1.41 bits per heavy atom. The number of carbonyl (C=O) groups is 2. The molecule has 1 aliphatic rings. The molecule has 0 aromatic heterocycles. The van der Waals surface area contributed by atoms with Crippen molar-refractivity contribution in [2.24, 2.45) is 11.8 Å². The van der Waals surface area contributed by atoms with Gasteiger partial charge in [0.25, 0.3) is 5.91 Å². The first-order valence-corrected chi connectivity index (χ1v) is 7.29. The third-order valence-corrected chi connectivity index (χ3v) is 3.69. The largest absolute Gasteiger partial charge is 0.490 e. The summed E-state index contributed by atoms with van der Waals surface area (Å²) in [7, 11) is 0. The van der Waals surface area contributed by atoms with E-state index in [1.807, 2.05) is 0 Å². The number of ether oxygens (including phenoxy) is 1. The number of nitrogens with one attached hydrogen (secondary N) is 1. The van der Waals surface area contributed by atoms with E-state index in [2.05, 4.69) is 12.0 Å². The summed E-state index contributed by atoms with van der Waals surface area (Å²) in [6.45, 7) is 5.06. The maximum Gasteiger partial charge on any atom is 0.253 e. The average molecular weight is 303 g/mol. The molecule has 0 saturated carbocycles. The highest BCUT2D eigenvalue weighted by Crippen LogP contribution is 2.20. The van der Waals surface area contributed by atoms with Crippen molar-refractivity contribution >= 4 is 11.8 Å². The molecule has 6 nitrogen and oxygen atoms in total. The van der Waals surface area contributed by atoms with Gasteiger partial charge in [-0.2, -0.15) is 0 Å². The second kappa shape index (κ2) is 7.61. The van der Waals surface area contributed by atoms with Crippen molar-refractivity contribution in [2.75, 3.05) is 19.7 Å². The first-order chi connectivity index (χ1) is 10.7. The van der Waals surface area contributed by atoms with Crippen LogP contribution in [0.5, 0.6) is 5.75 Å². The Labute approximate surface area is 129 Å². The molecule has 22 heavy (non-hydrogen) atoms. The van der Waals surface area contributed by atoms with E-state index in [1.54, 1.807) is 35.2 Å². The number of hydrogen-bond donors (Lipinski definition) is 2. The number of amides is 2. The molecular formula is C16H21N3O3. The summed E-state index contributed by atoms with van der Waals surface area (Å²) in [6.07, 6.45) is 3.21. The number of hydrazine groups is 1. The van der Waals surface area contributed by atoms with Gasteiger partial charge in [0.05, 0.1) is 5.92 Å². The standard InChI is InChI=1S/C16H21N3O3/c1-2-10-22-14-7-5-12(6-8-14)16(21)19-9-3-4-13(11-19)15(20)18-17/h2,5-8,13H,1,3-4,9-11,17H2,(H,18,20). The molecule has 1 heterocycles. The number of benzene rings is 1. The molecule has 1 fully saturated rings. The molecule has 3 N–H and O–H groups in total. The summed E-state index contributed by atoms with van der Waals surface area (Å²) in [4.78, 5) is 25.8. The van der Waals surface area contributed by atoms with Crippen molar-refractivity contribution in [3.8, 4) is 5.75 Å². The lowest BCUT2D eigenvalue weighted by Crippen LogP contribution is -2.46. The lowest BCUT2D eigenvalue weighted by Gasteiger charge is -2.31. The van der Waals surface area contributed by atoms with E-state index in [9.17, 15) is 9.59 Å². The SMILES string of the molecule is C=CCOc1ccc(C(=O)N2CCCC(C(=O)NN)C2)cc1. The van der Waals surface area contributed by atoms with Crippen LogP contribution in [-0.2, 0) is 4.79 Å². The Hall–Kier alpha value is -2.34. The monoisotopic (exact) mass is 303 g/mol. The number of nitrogens with two attached hydrogens (primary N) is 1. The van der Waals surface area contributed by atoms with Crippen LogP contribution in [0.4, 0.5) is 0 Å². The van der Waals surface area contributed by atoms with Gasteiger partial charge in [-0.25, -0.2) is 5.84 Å². The van der Waals surface area contributed by atoms with Crippen molar-refractivity contribution in [3.63, 3.8) is 0 Å². The maximum absolute atomic E-state index is 12.5. The van der Waals surface area contributed by atoms with Crippen molar-refractivity contribution < 1.29 is 14.3 Å². The molecule has 1 saturated heterocycles. The molecule has 2 amide bonds. The normalized spacial score (nSPS) is 17.7. The summed E-state index contributed by atoms with van der Waals surface area (Å²) < 4.78 is 5.39. The van der Waals surface area contributed by atoms with Crippen molar-refractivity contribution in [1.29, 1.82) is 0 Å². The van der Waals surface area contributed by atoms with Crippen molar-refractivity contribution in [3.05, 3.63) is 42.5 Å². The topological polar surface area (TPSA) is 84.7 Å². The lowest BCUT2D eigenvalue weighted by atomic mass is 9.97. The Morgan fingerprint density at radius 2 is 2.14 bits per heavy atom. The summed E-state index contributed by atoms with van der Waals surface area (Å²) in [5, 5.41) is 0. The van der Waals surface area contributed by atoms with E-state index in [4.69, 9.17) is 10.6 Å². The average Bonchev–Trinajstić information content (AvgIpc) is 2.59. The quantitative estimate of drug-likeness (QED) is 0.369. The first kappa shape index (κ1) is 16.0. The zero-order chi connectivity index (χ0) is 15.9. The van der Waals surface area contributed by atoms with Crippen LogP contribution in [0.1, 0.15) is 23.2 Å². The molecule has 0 spiro atoms. The summed E-state index contributed by atoms with van der Waals surface area (Å²) >= 11 is 0. The fourth-order valence-electron chi connectivity index (χ4n) is 2.52. The van der Waals surface area contributed by atoms with E-state index < -0.39 is 0 Å². The van der Waals surface area contributed by atoms with Gasteiger partial charge in [0.1, 0.15) is 12.4 Å². The molecule has 1 unspecified atom stereocenters. The highest BCUT2D eigenvalue weighted by molar-refractivity contribution is 5.94. The van der Waals surface area contributed by atoms with Gasteiger partial charge < -0.3 is 9.64 Å². The number of likely N-dealkylation sites (tertiary alicyclic amines) is 1. The van der Waals surface area contributed by atoms with Crippen LogP contribution in [0, 0.1) is 5.92 Å². The molecule has 0 radical (unpaired) electrons. The van der Waals surface area contributed by atoms with E-state index in [0.717, 1.165) is 12.8 Å². The highest BCUT2D eigenvalue weighted by atomic mass is 16.5. The van der Waals surface area contributed by atoms with Gasteiger partial charge in [-0.3, -0.25) is 15.0 Å². The number of nitrogens with zero attached hydrogens (tertiary/aromatic N) is 1. The minimum Gasteiger partial charge on any atom is -0.490 e. The van der Waals surface area contributed by atoms with Gasteiger partial charge in [-0.15, -0.1) is 0 Å². The van der Waals surface area contributed by atoms with Gasteiger partial charge in [-0.05, 0) is 37.1 Å².